The third-order valence-corrected chi connectivity index (χ3v) is 8.02. The van der Waals surface area contributed by atoms with E-state index in [2.05, 4.69) is 5.32 Å². The van der Waals surface area contributed by atoms with Gasteiger partial charge in [0.1, 0.15) is 0 Å². The Morgan fingerprint density at radius 1 is 1.03 bits per heavy atom. The largest absolute Gasteiger partial charge is 0.512 e. The van der Waals surface area contributed by atoms with E-state index in [1.807, 2.05) is 20.8 Å². The second-order valence-electron chi connectivity index (χ2n) is 10.5. The van der Waals surface area contributed by atoms with Gasteiger partial charge < -0.3 is 15.2 Å². The van der Waals surface area contributed by atoms with Crippen LogP contribution in [0, 0.1) is 23.2 Å². The molecule has 2 fully saturated rings. The molecule has 1 heterocycles. The van der Waals surface area contributed by atoms with Crippen LogP contribution in [-0.2, 0) is 28.4 Å². The van der Waals surface area contributed by atoms with E-state index >= 15 is 0 Å². The Kier molecular flexibility index (Phi) is 8.92. The lowest BCUT2D eigenvalue weighted by Gasteiger charge is -2.33. The summed E-state index contributed by atoms with van der Waals surface area (Å²) < 4.78 is 84.7. The first-order valence-electron chi connectivity index (χ1n) is 12.7. The molecule has 37 heavy (non-hydrogen) atoms. The first kappa shape index (κ1) is 29.3. The van der Waals surface area contributed by atoms with Gasteiger partial charge in [-0.15, -0.1) is 0 Å². The number of alkyl halides is 6. The molecule has 1 aromatic rings. The van der Waals surface area contributed by atoms with Crippen LogP contribution in [0.5, 0.6) is 0 Å². The standard InChI is InChI=1S/C27H35F6NO3/c1-4-22(18-6-9-37-10-7-18)23(35)19-5-8-25(14-19,16(2)3)24(36)34-15-17-11-20(26(28,29)30)13-21(12-17)27(31,32)33/h11-13,16,18-19,35H,4-10,14-15H2,1-3H3,(H,34,36)/b23-22+/t19?,25-/m0/s1. The lowest BCUT2D eigenvalue weighted by molar-refractivity contribution is -0.143. The molecule has 0 radical (unpaired) electrons. The lowest BCUT2D eigenvalue weighted by atomic mass is 9.73. The van der Waals surface area contributed by atoms with Crippen LogP contribution in [0.3, 0.4) is 0 Å². The summed E-state index contributed by atoms with van der Waals surface area (Å²) in [7, 11) is 0. The molecular weight excluding hydrogens is 500 g/mol. The van der Waals surface area contributed by atoms with E-state index in [-0.39, 0.29) is 29.4 Å². The second kappa shape index (κ2) is 11.3. The predicted molar refractivity (Wildman–Crippen MR) is 126 cm³/mol. The molecule has 4 nitrogen and oxygen atoms in total. The van der Waals surface area contributed by atoms with Crippen LogP contribution in [0.4, 0.5) is 26.3 Å². The van der Waals surface area contributed by atoms with Crippen molar-refractivity contribution in [1.29, 1.82) is 0 Å². The molecule has 10 heteroatoms. The zero-order valence-electron chi connectivity index (χ0n) is 21.4. The zero-order valence-corrected chi connectivity index (χ0v) is 21.4. The van der Waals surface area contributed by atoms with Crippen LogP contribution in [0.15, 0.2) is 29.5 Å². The predicted octanol–water partition coefficient (Wildman–Crippen LogP) is 7.43. The van der Waals surface area contributed by atoms with E-state index in [1.54, 1.807) is 0 Å². The van der Waals surface area contributed by atoms with Gasteiger partial charge in [-0.3, -0.25) is 4.79 Å². The normalized spacial score (nSPS) is 24.3. The number of amides is 1. The van der Waals surface area contributed by atoms with E-state index in [9.17, 15) is 36.2 Å². The maximum absolute atomic E-state index is 13.4. The topological polar surface area (TPSA) is 58.6 Å². The van der Waals surface area contributed by atoms with Gasteiger partial charge in [0, 0.05) is 25.7 Å². The maximum atomic E-state index is 13.4. The highest BCUT2D eigenvalue weighted by molar-refractivity contribution is 5.83. The van der Waals surface area contributed by atoms with E-state index in [0.29, 0.717) is 56.8 Å². The Morgan fingerprint density at radius 2 is 1.59 bits per heavy atom. The summed E-state index contributed by atoms with van der Waals surface area (Å²) >= 11 is 0. The minimum Gasteiger partial charge on any atom is -0.512 e. The van der Waals surface area contributed by atoms with Crippen molar-refractivity contribution in [2.45, 2.75) is 78.2 Å². The van der Waals surface area contributed by atoms with Crippen molar-refractivity contribution in [2.24, 2.45) is 23.2 Å². The molecule has 1 saturated heterocycles. The monoisotopic (exact) mass is 535 g/mol. The molecule has 1 unspecified atom stereocenters. The number of nitrogens with one attached hydrogen (secondary N) is 1. The van der Waals surface area contributed by atoms with E-state index in [1.165, 1.54) is 0 Å². The Balaban J connectivity index is 1.80. The fraction of sp³-hybridized carbons (Fsp3) is 0.667. The fourth-order valence-corrected chi connectivity index (χ4v) is 5.77. The SMILES string of the molecule is CC/C(=C(\O)C1CC[C@@](C(=O)NCc2cc(C(F)(F)F)cc(C(F)(F)F)c2)(C(C)C)C1)C1CCOCC1. The Hall–Kier alpha value is -2.23. The molecule has 2 N–H and O–H groups in total. The zero-order chi connectivity index (χ0) is 27.6. The summed E-state index contributed by atoms with van der Waals surface area (Å²) in [6.07, 6.45) is -6.17. The first-order chi connectivity index (χ1) is 17.2. The molecule has 2 atom stereocenters. The number of hydrogen-bond acceptors (Lipinski definition) is 3. The third-order valence-electron chi connectivity index (χ3n) is 8.02. The quantitative estimate of drug-likeness (QED) is 0.282. The third kappa shape index (κ3) is 6.62. The van der Waals surface area contributed by atoms with Gasteiger partial charge in [0.05, 0.1) is 22.3 Å². The number of aliphatic hydroxyl groups excluding tert-OH is 1. The molecule has 1 aliphatic carbocycles. The van der Waals surface area contributed by atoms with Gasteiger partial charge in [-0.25, -0.2) is 0 Å². The Bertz CT molecular complexity index is 963. The van der Waals surface area contributed by atoms with E-state index < -0.39 is 41.3 Å². The van der Waals surface area contributed by atoms with Crippen molar-refractivity contribution in [2.75, 3.05) is 13.2 Å². The highest BCUT2D eigenvalue weighted by atomic mass is 19.4. The molecule has 0 aromatic heterocycles. The van der Waals surface area contributed by atoms with Crippen molar-refractivity contribution in [3.05, 3.63) is 46.2 Å². The average molecular weight is 536 g/mol. The van der Waals surface area contributed by atoms with Gasteiger partial charge in [-0.05, 0) is 79.7 Å². The average Bonchev–Trinajstić information content (AvgIpc) is 3.29. The summed E-state index contributed by atoms with van der Waals surface area (Å²) in [5.41, 5.74) is -3.01. The van der Waals surface area contributed by atoms with Crippen LogP contribution in [0.25, 0.3) is 0 Å². The minimum absolute atomic E-state index is 0.0708. The smallest absolute Gasteiger partial charge is 0.416 e. The van der Waals surface area contributed by atoms with Crippen molar-refractivity contribution in [1.82, 2.24) is 5.32 Å². The summed E-state index contributed by atoms with van der Waals surface area (Å²) in [6.45, 7) is 6.53. The van der Waals surface area contributed by atoms with Crippen LogP contribution >= 0.6 is 0 Å². The molecule has 3 rings (SSSR count). The molecule has 1 amide bonds. The second-order valence-corrected chi connectivity index (χ2v) is 10.5. The lowest BCUT2D eigenvalue weighted by Crippen LogP contribution is -2.42. The summed E-state index contributed by atoms with van der Waals surface area (Å²) in [4.78, 5) is 13.4. The summed E-state index contributed by atoms with van der Waals surface area (Å²) in [5, 5.41) is 13.8. The van der Waals surface area contributed by atoms with E-state index in [4.69, 9.17) is 4.74 Å². The number of benzene rings is 1. The van der Waals surface area contributed by atoms with Crippen LogP contribution in [-0.4, -0.2) is 24.2 Å². The van der Waals surface area contributed by atoms with Crippen molar-refractivity contribution in [3.8, 4) is 0 Å². The number of carbonyl (C=O) groups is 1. The number of allylic oxidation sites excluding steroid dienone is 2. The number of aliphatic hydroxyl groups is 1. The summed E-state index contributed by atoms with van der Waals surface area (Å²) in [5.74, 6) is -0.252. The molecule has 208 valence electrons. The molecule has 0 bridgehead atoms. The minimum atomic E-state index is -4.96. The van der Waals surface area contributed by atoms with Gasteiger partial charge >= 0.3 is 12.4 Å². The summed E-state index contributed by atoms with van der Waals surface area (Å²) in [6, 6.07) is 1.33. The van der Waals surface area contributed by atoms with Crippen molar-refractivity contribution < 1.29 is 41.0 Å². The Labute approximate surface area is 213 Å². The highest BCUT2D eigenvalue weighted by Gasteiger charge is 2.49. The van der Waals surface area contributed by atoms with Gasteiger partial charge in [0.25, 0.3) is 0 Å². The van der Waals surface area contributed by atoms with Crippen LogP contribution in [0.2, 0.25) is 0 Å². The molecule has 0 spiro atoms. The number of ether oxygens (including phenoxy) is 1. The van der Waals surface area contributed by atoms with Crippen LogP contribution in [0.1, 0.15) is 76.0 Å². The maximum Gasteiger partial charge on any atom is 0.416 e. The highest BCUT2D eigenvalue weighted by Crippen LogP contribution is 2.50. The first-order valence-corrected chi connectivity index (χ1v) is 12.7. The molecule has 2 aliphatic rings. The van der Waals surface area contributed by atoms with Crippen molar-refractivity contribution in [3.63, 3.8) is 0 Å². The Morgan fingerprint density at radius 3 is 2.08 bits per heavy atom. The van der Waals surface area contributed by atoms with Gasteiger partial charge in [-0.2, -0.15) is 26.3 Å². The fourth-order valence-electron chi connectivity index (χ4n) is 5.77. The number of halogens is 6. The number of carbonyl (C=O) groups excluding carboxylic acids is 1. The molecular formula is C27H35F6NO3. The van der Waals surface area contributed by atoms with Gasteiger partial charge in [0.15, 0.2) is 0 Å². The van der Waals surface area contributed by atoms with Crippen molar-refractivity contribution >= 4 is 5.91 Å². The van der Waals surface area contributed by atoms with Gasteiger partial charge in [-0.1, -0.05) is 20.8 Å². The molecule has 1 saturated carbocycles. The molecule has 1 aliphatic heterocycles. The molecule has 1 aromatic carbocycles. The van der Waals surface area contributed by atoms with Crippen LogP contribution < -0.4 is 5.32 Å². The number of rotatable bonds is 7. The van der Waals surface area contributed by atoms with E-state index in [0.717, 1.165) is 18.4 Å². The number of hydrogen-bond donors (Lipinski definition) is 2. The van der Waals surface area contributed by atoms with Gasteiger partial charge in [0.2, 0.25) is 5.91 Å².